The second-order valence-electron chi connectivity index (χ2n) is 6.48. The van der Waals surface area contributed by atoms with Gasteiger partial charge in [0.05, 0.1) is 17.8 Å². The predicted molar refractivity (Wildman–Crippen MR) is 98.7 cm³/mol. The largest absolute Gasteiger partial charge is 0.310 e. The zero-order chi connectivity index (χ0) is 18.1. The number of rotatable bonds is 3. The Balaban J connectivity index is 1.53. The second-order valence-corrected chi connectivity index (χ2v) is 6.48. The van der Waals surface area contributed by atoms with Crippen LogP contribution in [0.2, 0.25) is 0 Å². The van der Waals surface area contributed by atoms with Gasteiger partial charge in [0, 0.05) is 37.8 Å². The van der Waals surface area contributed by atoms with Gasteiger partial charge in [-0.25, -0.2) is 4.98 Å². The van der Waals surface area contributed by atoms with Crippen molar-refractivity contribution in [3.63, 3.8) is 0 Å². The summed E-state index contributed by atoms with van der Waals surface area (Å²) in [5.74, 6) is 0.173. The summed E-state index contributed by atoms with van der Waals surface area (Å²) in [6.07, 6.45) is 5.99. The summed E-state index contributed by atoms with van der Waals surface area (Å²) in [4.78, 5) is 31.0. The molecule has 0 radical (unpaired) electrons. The maximum absolute atomic E-state index is 12.8. The Morgan fingerprint density at radius 3 is 2.92 bits per heavy atom. The van der Waals surface area contributed by atoms with Crippen molar-refractivity contribution in [1.29, 1.82) is 0 Å². The predicted octanol–water partition coefficient (Wildman–Crippen LogP) is 2.35. The number of aryl methyl sites for hydroxylation is 1. The van der Waals surface area contributed by atoms with Crippen molar-refractivity contribution in [3.05, 3.63) is 48.9 Å². The Labute approximate surface area is 150 Å². The monoisotopic (exact) mass is 349 g/mol. The van der Waals surface area contributed by atoms with Crippen molar-refractivity contribution < 1.29 is 9.59 Å². The van der Waals surface area contributed by atoms with Crippen molar-refractivity contribution >= 4 is 34.1 Å². The van der Waals surface area contributed by atoms with Crippen LogP contribution in [0.1, 0.15) is 12.8 Å². The van der Waals surface area contributed by atoms with Gasteiger partial charge in [0.15, 0.2) is 0 Å². The summed E-state index contributed by atoms with van der Waals surface area (Å²) in [5.41, 5.74) is 0.721. The van der Waals surface area contributed by atoms with E-state index in [1.807, 2.05) is 30.3 Å². The smallest absolute Gasteiger partial charge is 0.230 e. The molecule has 1 N–H and O–H groups in total. The molecule has 4 rings (SSSR count). The molecule has 1 aliphatic heterocycles. The summed E-state index contributed by atoms with van der Waals surface area (Å²) in [6.45, 7) is 0.348. The molecule has 0 bridgehead atoms. The summed E-state index contributed by atoms with van der Waals surface area (Å²) in [7, 11) is 1.80. The molecule has 1 atom stereocenters. The fourth-order valence-electron chi connectivity index (χ4n) is 3.30. The maximum atomic E-state index is 12.8. The number of nitrogens with one attached hydrogen (secondary N) is 1. The lowest BCUT2D eigenvalue weighted by atomic mass is 9.96. The van der Waals surface area contributed by atoms with Crippen LogP contribution in [0.5, 0.6) is 0 Å². The van der Waals surface area contributed by atoms with Crippen molar-refractivity contribution in [3.8, 4) is 0 Å². The van der Waals surface area contributed by atoms with Gasteiger partial charge in [-0.05, 0) is 17.9 Å². The molecular weight excluding hydrogens is 330 g/mol. The quantitative estimate of drug-likeness (QED) is 0.787. The third-order valence-electron chi connectivity index (χ3n) is 4.70. The van der Waals surface area contributed by atoms with Gasteiger partial charge in [-0.2, -0.15) is 5.10 Å². The van der Waals surface area contributed by atoms with Crippen LogP contribution in [0.3, 0.4) is 0 Å². The molecule has 1 unspecified atom stereocenters. The van der Waals surface area contributed by atoms with Gasteiger partial charge < -0.3 is 10.2 Å². The van der Waals surface area contributed by atoms with Crippen LogP contribution >= 0.6 is 0 Å². The Morgan fingerprint density at radius 2 is 2.12 bits per heavy atom. The lowest BCUT2D eigenvalue weighted by Gasteiger charge is -2.30. The highest BCUT2D eigenvalue weighted by Gasteiger charge is 2.32. The number of benzene rings is 1. The van der Waals surface area contributed by atoms with E-state index in [2.05, 4.69) is 15.4 Å². The van der Waals surface area contributed by atoms with Gasteiger partial charge in [0.1, 0.15) is 5.82 Å². The van der Waals surface area contributed by atoms with E-state index in [4.69, 9.17) is 0 Å². The van der Waals surface area contributed by atoms with Crippen LogP contribution in [0.25, 0.3) is 10.8 Å². The number of hydrogen-bond acceptors (Lipinski definition) is 4. The van der Waals surface area contributed by atoms with Gasteiger partial charge in [0.25, 0.3) is 0 Å². The number of fused-ring (bicyclic) bond motifs is 1. The highest BCUT2D eigenvalue weighted by atomic mass is 16.2. The first-order valence-corrected chi connectivity index (χ1v) is 8.55. The van der Waals surface area contributed by atoms with Crippen LogP contribution in [-0.2, 0) is 16.6 Å². The van der Waals surface area contributed by atoms with Crippen molar-refractivity contribution in [2.24, 2.45) is 13.0 Å². The lowest BCUT2D eigenvalue weighted by Crippen LogP contribution is -2.44. The average molecular weight is 349 g/mol. The van der Waals surface area contributed by atoms with Gasteiger partial charge in [-0.1, -0.05) is 24.3 Å². The number of aromatic nitrogens is 3. The van der Waals surface area contributed by atoms with Gasteiger partial charge >= 0.3 is 0 Å². The van der Waals surface area contributed by atoms with Crippen LogP contribution in [-0.4, -0.2) is 33.1 Å². The molecule has 3 aromatic rings. The van der Waals surface area contributed by atoms with Crippen LogP contribution < -0.4 is 10.2 Å². The van der Waals surface area contributed by atoms with E-state index in [9.17, 15) is 9.59 Å². The molecule has 0 saturated carbocycles. The number of carbonyl (C=O) groups is 2. The molecule has 0 spiro atoms. The molecule has 2 amide bonds. The molecule has 1 saturated heterocycles. The third kappa shape index (κ3) is 3.03. The first-order chi connectivity index (χ1) is 12.6. The molecule has 1 aliphatic rings. The maximum Gasteiger partial charge on any atom is 0.230 e. The van der Waals surface area contributed by atoms with Gasteiger partial charge in [0.2, 0.25) is 11.8 Å². The zero-order valence-corrected chi connectivity index (χ0v) is 14.4. The van der Waals surface area contributed by atoms with E-state index >= 15 is 0 Å². The fourth-order valence-corrected chi connectivity index (χ4v) is 3.30. The Kier molecular flexibility index (Phi) is 4.12. The number of amides is 2. The topological polar surface area (TPSA) is 80.1 Å². The zero-order valence-electron chi connectivity index (χ0n) is 14.4. The molecule has 3 heterocycles. The second kappa shape index (κ2) is 6.59. The molecule has 2 aromatic heterocycles. The number of nitrogens with zero attached hydrogens (tertiary/aromatic N) is 4. The number of hydrogen-bond donors (Lipinski definition) is 1. The number of piperidine rings is 1. The summed E-state index contributed by atoms with van der Waals surface area (Å²) < 4.78 is 1.65. The first kappa shape index (κ1) is 16.3. The summed E-state index contributed by atoms with van der Waals surface area (Å²) in [6, 6.07) is 9.70. The molecule has 26 heavy (non-hydrogen) atoms. The summed E-state index contributed by atoms with van der Waals surface area (Å²) in [5, 5.41) is 8.97. The lowest BCUT2D eigenvalue weighted by molar-refractivity contribution is -0.124. The molecule has 7 heteroatoms. The molecule has 1 fully saturated rings. The van der Waals surface area contributed by atoms with Crippen LogP contribution in [0, 0.1) is 5.92 Å². The highest BCUT2D eigenvalue weighted by molar-refractivity contribution is 6.03. The number of anilines is 2. The van der Waals surface area contributed by atoms with Gasteiger partial charge in [-0.3, -0.25) is 14.3 Å². The molecule has 1 aromatic carbocycles. The van der Waals surface area contributed by atoms with Crippen LogP contribution in [0.15, 0.2) is 48.9 Å². The van der Waals surface area contributed by atoms with E-state index in [1.54, 1.807) is 35.2 Å². The van der Waals surface area contributed by atoms with Crippen molar-refractivity contribution in [2.75, 3.05) is 16.8 Å². The third-order valence-corrected chi connectivity index (χ3v) is 4.70. The molecule has 132 valence electrons. The average Bonchev–Trinajstić information content (AvgIpc) is 3.08. The SMILES string of the molecule is Cn1cc(N2CC(C(=O)Nc3nccc4ccccc34)CCC2=O)cn1. The molecular formula is C19H19N5O2. The molecule has 0 aliphatic carbocycles. The Bertz CT molecular complexity index is 975. The fraction of sp³-hybridized carbons (Fsp3) is 0.263. The van der Waals surface area contributed by atoms with Crippen LogP contribution in [0.4, 0.5) is 11.5 Å². The van der Waals surface area contributed by atoms with E-state index in [1.165, 1.54) is 0 Å². The summed E-state index contributed by atoms with van der Waals surface area (Å²) >= 11 is 0. The minimum Gasteiger partial charge on any atom is -0.310 e. The number of carbonyl (C=O) groups excluding carboxylic acids is 2. The normalized spacial score (nSPS) is 17.5. The van der Waals surface area contributed by atoms with Gasteiger partial charge in [-0.15, -0.1) is 0 Å². The van der Waals surface area contributed by atoms with E-state index < -0.39 is 0 Å². The first-order valence-electron chi connectivity index (χ1n) is 8.55. The number of pyridine rings is 1. The van der Waals surface area contributed by atoms with E-state index in [0.717, 1.165) is 16.5 Å². The van der Waals surface area contributed by atoms with E-state index in [-0.39, 0.29) is 17.7 Å². The van der Waals surface area contributed by atoms with E-state index in [0.29, 0.717) is 25.2 Å². The van der Waals surface area contributed by atoms with Crippen molar-refractivity contribution in [2.45, 2.75) is 12.8 Å². The highest BCUT2D eigenvalue weighted by Crippen LogP contribution is 2.26. The minimum absolute atomic E-state index is 0.0188. The standard InChI is InChI=1S/C19H19N5O2/c1-23-12-15(10-21-23)24-11-14(6-7-17(24)25)19(26)22-18-16-5-3-2-4-13(16)8-9-20-18/h2-5,8-10,12,14H,6-7,11H2,1H3,(H,20,22,26). The Morgan fingerprint density at radius 1 is 1.27 bits per heavy atom. The van der Waals surface area contributed by atoms with Crippen molar-refractivity contribution in [1.82, 2.24) is 14.8 Å². The Hall–Kier alpha value is -3.22. The molecule has 7 nitrogen and oxygen atoms in total. The minimum atomic E-state index is -0.284.